The molecule has 0 bridgehead atoms. The lowest BCUT2D eigenvalue weighted by Crippen LogP contribution is -2.30. The molecular formula is C10H18O2. The fraction of sp³-hybridized carbons (Fsp3) is 0.900. The normalized spacial score (nSPS) is 30.0. The first-order valence-electron chi connectivity index (χ1n) is 4.93. The molecule has 0 unspecified atom stereocenters. The molecule has 0 spiro atoms. The highest BCUT2D eigenvalue weighted by Crippen LogP contribution is 2.24. The summed E-state index contributed by atoms with van der Waals surface area (Å²) in [7, 11) is 0. The van der Waals surface area contributed by atoms with Crippen molar-refractivity contribution in [2.45, 2.75) is 52.1 Å². The van der Waals surface area contributed by atoms with Crippen LogP contribution in [0.2, 0.25) is 0 Å². The third-order valence-electron chi connectivity index (χ3n) is 2.56. The van der Waals surface area contributed by atoms with E-state index in [0.29, 0.717) is 12.3 Å². The first kappa shape index (κ1) is 9.56. The maximum Gasteiger partial charge on any atom is 0.306 e. The van der Waals surface area contributed by atoms with Gasteiger partial charge in [-0.1, -0.05) is 26.7 Å². The Morgan fingerprint density at radius 1 is 1.58 bits per heavy atom. The van der Waals surface area contributed by atoms with Crippen molar-refractivity contribution in [3.8, 4) is 0 Å². The molecule has 0 saturated carbocycles. The van der Waals surface area contributed by atoms with Gasteiger partial charge in [0.05, 0.1) is 0 Å². The monoisotopic (exact) mass is 170 g/mol. The van der Waals surface area contributed by atoms with E-state index >= 15 is 0 Å². The minimum absolute atomic E-state index is 0.00537. The molecule has 0 N–H and O–H groups in total. The maximum atomic E-state index is 11.0. The lowest BCUT2D eigenvalue weighted by molar-refractivity contribution is -0.158. The van der Waals surface area contributed by atoms with Crippen LogP contribution in [0.4, 0.5) is 0 Å². The van der Waals surface area contributed by atoms with Gasteiger partial charge in [-0.2, -0.15) is 0 Å². The number of carbonyl (C=O) groups excluding carboxylic acids is 1. The van der Waals surface area contributed by atoms with Gasteiger partial charge in [0.2, 0.25) is 0 Å². The van der Waals surface area contributed by atoms with Gasteiger partial charge in [-0.25, -0.2) is 0 Å². The minimum Gasteiger partial charge on any atom is -0.462 e. The third kappa shape index (κ3) is 2.50. The van der Waals surface area contributed by atoms with Gasteiger partial charge in [0.1, 0.15) is 6.10 Å². The zero-order valence-electron chi connectivity index (χ0n) is 8.01. The zero-order chi connectivity index (χ0) is 8.97. The van der Waals surface area contributed by atoms with Crippen molar-refractivity contribution in [1.82, 2.24) is 0 Å². The number of ether oxygens (including phenoxy) is 1. The van der Waals surface area contributed by atoms with Crippen LogP contribution >= 0.6 is 0 Å². The van der Waals surface area contributed by atoms with Crippen molar-refractivity contribution in [3.63, 3.8) is 0 Å². The van der Waals surface area contributed by atoms with Gasteiger partial charge in [0.15, 0.2) is 0 Å². The first-order chi connectivity index (χ1) is 5.74. The van der Waals surface area contributed by atoms with Crippen LogP contribution in [0.25, 0.3) is 0 Å². The van der Waals surface area contributed by atoms with Crippen LogP contribution in [0, 0.1) is 5.92 Å². The minimum atomic E-state index is -0.00537. The van der Waals surface area contributed by atoms with E-state index < -0.39 is 0 Å². The fourth-order valence-corrected chi connectivity index (χ4v) is 1.62. The fourth-order valence-electron chi connectivity index (χ4n) is 1.62. The number of unbranched alkanes of at least 4 members (excludes halogenated alkanes) is 1. The van der Waals surface area contributed by atoms with Gasteiger partial charge in [-0.15, -0.1) is 0 Å². The second-order valence-corrected chi connectivity index (χ2v) is 3.69. The molecule has 1 rings (SSSR count). The molecule has 0 radical (unpaired) electrons. The predicted molar refractivity (Wildman–Crippen MR) is 47.8 cm³/mol. The number of cyclic esters (lactones) is 1. The average Bonchev–Trinajstić information content (AvgIpc) is 2.07. The SMILES string of the molecule is CCCC[C@@H]1OC(=O)CC[C@H]1C. The van der Waals surface area contributed by atoms with E-state index in [1.807, 2.05) is 0 Å². The molecular weight excluding hydrogens is 152 g/mol. The second-order valence-electron chi connectivity index (χ2n) is 3.69. The standard InChI is InChI=1S/C10H18O2/c1-3-4-5-9-8(2)6-7-10(11)12-9/h8-9H,3-7H2,1-2H3/t8-,9+/m1/s1. The molecule has 0 aromatic carbocycles. The predicted octanol–water partition coefficient (Wildman–Crippen LogP) is 2.52. The molecule has 12 heavy (non-hydrogen) atoms. The van der Waals surface area contributed by atoms with Gasteiger partial charge >= 0.3 is 5.97 Å². The van der Waals surface area contributed by atoms with E-state index in [1.54, 1.807) is 0 Å². The second kappa shape index (κ2) is 4.48. The van der Waals surface area contributed by atoms with Crippen molar-refractivity contribution < 1.29 is 9.53 Å². The zero-order valence-corrected chi connectivity index (χ0v) is 8.01. The summed E-state index contributed by atoms with van der Waals surface area (Å²) >= 11 is 0. The number of hydrogen-bond donors (Lipinski definition) is 0. The largest absolute Gasteiger partial charge is 0.462 e. The van der Waals surface area contributed by atoms with Crippen LogP contribution in [-0.4, -0.2) is 12.1 Å². The molecule has 2 atom stereocenters. The topological polar surface area (TPSA) is 26.3 Å². The number of hydrogen-bond acceptors (Lipinski definition) is 2. The number of carbonyl (C=O) groups is 1. The Morgan fingerprint density at radius 3 is 3.00 bits per heavy atom. The van der Waals surface area contributed by atoms with Gasteiger partial charge < -0.3 is 4.74 Å². The summed E-state index contributed by atoms with van der Waals surface area (Å²) < 4.78 is 5.26. The number of rotatable bonds is 3. The van der Waals surface area contributed by atoms with E-state index in [1.165, 1.54) is 12.8 Å². The molecule has 0 aromatic rings. The van der Waals surface area contributed by atoms with Gasteiger partial charge in [-0.3, -0.25) is 4.79 Å². The van der Waals surface area contributed by atoms with Crippen LogP contribution in [0.3, 0.4) is 0 Å². The summed E-state index contributed by atoms with van der Waals surface area (Å²) in [6.07, 6.45) is 5.22. The Hall–Kier alpha value is -0.530. The molecule has 1 fully saturated rings. The van der Waals surface area contributed by atoms with Crippen molar-refractivity contribution in [2.24, 2.45) is 5.92 Å². The Balaban J connectivity index is 2.33. The van der Waals surface area contributed by atoms with E-state index in [9.17, 15) is 4.79 Å². The lowest BCUT2D eigenvalue weighted by Gasteiger charge is -2.28. The average molecular weight is 170 g/mol. The summed E-state index contributed by atoms with van der Waals surface area (Å²) in [4.78, 5) is 11.0. The highest BCUT2D eigenvalue weighted by atomic mass is 16.5. The van der Waals surface area contributed by atoms with Gasteiger partial charge in [0.25, 0.3) is 0 Å². The van der Waals surface area contributed by atoms with Crippen LogP contribution in [0.15, 0.2) is 0 Å². The highest BCUT2D eigenvalue weighted by molar-refractivity contribution is 5.70. The summed E-state index contributed by atoms with van der Waals surface area (Å²) in [5, 5.41) is 0. The van der Waals surface area contributed by atoms with E-state index in [4.69, 9.17) is 4.74 Å². The Kier molecular flexibility index (Phi) is 3.57. The molecule has 2 nitrogen and oxygen atoms in total. The summed E-state index contributed by atoms with van der Waals surface area (Å²) in [5.74, 6) is 0.559. The highest BCUT2D eigenvalue weighted by Gasteiger charge is 2.26. The molecule has 0 aliphatic carbocycles. The van der Waals surface area contributed by atoms with Crippen molar-refractivity contribution in [1.29, 1.82) is 0 Å². The Labute approximate surface area is 74.3 Å². The maximum absolute atomic E-state index is 11.0. The van der Waals surface area contributed by atoms with Crippen LogP contribution in [-0.2, 0) is 9.53 Å². The molecule has 0 amide bonds. The number of esters is 1. The smallest absolute Gasteiger partial charge is 0.306 e. The first-order valence-corrected chi connectivity index (χ1v) is 4.93. The molecule has 0 aromatic heterocycles. The van der Waals surface area contributed by atoms with Crippen LogP contribution in [0.5, 0.6) is 0 Å². The molecule has 1 aliphatic heterocycles. The Bertz CT molecular complexity index is 154. The van der Waals surface area contributed by atoms with Crippen molar-refractivity contribution >= 4 is 5.97 Å². The van der Waals surface area contributed by atoms with E-state index in [0.717, 1.165) is 12.8 Å². The quantitative estimate of drug-likeness (QED) is 0.608. The van der Waals surface area contributed by atoms with E-state index in [-0.39, 0.29) is 12.1 Å². The van der Waals surface area contributed by atoms with Gasteiger partial charge in [0, 0.05) is 6.42 Å². The van der Waals surface area contributed by atoms with Gasteiger partial charge in [-0.05, 0) is 18.8 Å². The third-order valence-corrected chi connectivity index (χ3v) is 2.56. The van der Waals surface area contributed by atoms with Crippen molar-refractivity contribution in [3.05, 3.63) is 0 Å². The van der Waals surface area contributed by atoms with Crippen molar-refractivity contribution in [2.75, 3.05) is 0 Å². The molecule has 2 heteroatoms. The summed E-state index contributed by atoms with van der Waals surface area (Å²) in [5.41, 5.74) is 0. The molecule has 1 aliphatic rings. The van der Waals surface area contributed by atoms with Crippen LogP contribution in [0.1, 0.15) is 46.0 Å². The Morgan fingerprint density at radius 2 is 2.33 bits per heavy atom. The molecule has 70 valence electrons. The summed E-state index contributed by atoms with van der Waals surface area (Å²) in [6, 6.07) is 0. The molecule has 1 heterocycles. The van der Waals surface area contributed by atoms with Crippen LogP contribution < -0.4 is 0 Å². The van der Waals surface area contributed by atoms with E-state index in [2.05, 4.69) is 13.8 Å². The summed E-state index contributed by atoms with van der Waals surface area (Å²) in [6.45, 7) is 4.34. The lowest BCUT2D eigenvalue weighted by atomic mass is 9.93. The molecule has 1 saturated heterocycles.